The van der Waals surface area contributed by atoms with Crippen molar-refractivity contribution in [2.75, 3.05) is 5.32 Å². The van der Waals surface area contributed by atoms with Crippen molar-refractivity contribution in [3.63, 3.8) is 0 Å². The molecule has 1 aromatic carbocycles. The largest absolute Gasteiger partial charge is 0.339 e. The Bertz CT molecular complexity index is 625. The van der Waals surface area contributed by atoms with Gasteiger partial charge in [-0.3, -0.25) is 14.9 Å². The molecule has 0 spiro atoms. The van der Waals surface area contributed by atoms with Gasteiger partial charge in [0.1, 0.15) is 6.17 Å². The van der Waals surface area contributed by atoms with Crippen LogP contribution < -0.4 is 16.0 Å². The van der Waals surface area contributed by atoms with E-state index in [2.05, 4.69) is 16.0 Å². The number of nitro groups is 1. The van der Waals surface area contributed by atoms with E-state index in [1.54, 1.807) is 6.07 Å². The number of thiocarbonyl (C=S) groups is 1. The van der Waals surface area contributed by atoms with Crippen LogP contribution in [0.1, 0.15) is 19.8 Å². The smallest absolute Gasteiger partial charge is 0.271 e. The molecule has 0 aliphatic rings. The van der Waals surface area contributed by atoms with E-state index in [0.29, 0.717) is 12.1 Å². The Morgan fingerprint density at radius 1 is 1.38 bits per heavy atom. The highest BCUT2D eigenvalue weighted by Crippen LogP contribution is 2.29. The first kappa shape index (κ1) is 20.7. The molecule has 3 N–H and O–H groups in total. The molecule has 0 radical (unpaired) electrons. The van der Waals surface area contributed by atoms with Crippen molar-refractivity contribution in [1.29, 1.82) is 0 Å². The lowest BCUT2D eigenvalue weighted by Gasteiger charge is -2.27. The third kappa shape index (κ3) is 7.04. The standard InChI is InChI=1S/C13H15Cl3N4O3S/c1-2-4-10(21)18-11(13(14,15)16)19-12(24)17-8-5-3-6-9(7-8)20(22)23/h3,5-7,11H,2,4H2,1H3,(H,18,21)(H2,17,19,24)/t11-/m0/s1. The van der Waals surface area contributed by atoms with E-state index in [9.17, 15) is 14.9 Å². The van der Waals surface area contributed by atoms with E-state index >= 15 is 0 Å². The molecular weight excluding hydrogens is 399 g/mol. The molecular formula is C13H15Cl3N4O3S. The number of hydrogen-bond acceptors (Lipinski definition) is 4. The van der Waals surface area contributed by atoms with E-state index in [1.165, 1.54) is 18.2 Å². The number of non-ortho nitro benzene ring substituents is 1. The normalized spacial score (nSPS) is 12.2. The fourth-order valence-corrected chi connectivity index (χ4v) is 2.22. The molecule has 1 aromatic rings. The Balaban J connectivity index is 2.76. The fraction of sp³-hybridized carbons (Fsp3) is 0.385. The Morgan fingerprint density at radius 2 is 2.04 bits per heavy atom. The Kier molecular flexibility index (Phi) is 7.95. The molecule has 0 unspecified atom stereocenters. The third-order valence-corrected chi connectivity index (χ3v) is 3.57. The molecule has 0 aromatic heterocycles. The Labute approximate surface area is 159 Å². The Morgan fingerprint density at radius 3 is 2.58 bits per heavy atom. The van der Waals surface area contributed by atoms with Crippen molar-refractivity contribution in [3.8, 4) is 0 Å². The summed E-state index contributed by atoms with van der Waals surface area (Å²) in [4.78, 5) is 21.9. The van der Waals surface area contributed by atoms with Gasteiger partial charge in [-0.1, -0.05) is 47.8 Å². The lowest BCUT2D eigenvalue weighted by atomic mass is 10.3. The third-order valence-electron chi connectivity index (χ3n) is 2.70. The van der Waals surface area contributed by atoms with Crippen LogP contribution in [0.2, 0.25) is 0 Å². The van der Waals surface area contributed by atoms with E-state index in [-0.39, 0.29) is 23.1 Å². The number of carbonyl (C=O) groups is 1. The summed E-state index contributed by atoms with van der Waals surface area (Å²) in [6, 6.07) is 5.73. The topological polar surface area (TPSA) is 96.3 Å². The maximum atomic E-state index is 11.7. The number of anilines is 1. The summed E-state index contributed by atoms with van der Waals surface area (Å²) < 4.78 is -1.85. The molecule has 0 aliphatic heterocycles. The first-order valence-electron chi connectivity index (χ1n) is 6.81. The molecule has 1 amide bonds. The van der Waals surface area contributed by atoms with Gasteiger partial charge in [-0.05, 0) is 24.7 Å². The highest BCUT2D eigenvalue weighted by atomic mass is 35.6. The minimum Gasteiger partial charge on any atom is -0.339 e. The average Bonchev–Trinajstić information content (AvgIpc) is 2.46. The predicted molar refractivity (Wildman–Crippen MR) is 99.6 cm³/mol. The molecule has 7 nitrogen and oxygen atoms in total. The van der Waals surface area contributed by atoms with Gasteiger partial charge >= 0.3 is 0 Å². The molecule has 0 heterocycles. The van der Waals surface area contributed by atoms with Crippen LogP contribution in [0.15, 0.2) is 24.3 Å². The zero-order chi connectivity index (χ0) is 18.3. The number of amides is 1. The first-order chi connectivity index (χ1) is 11.1. The maximum Gasteiger partial charge on any atom is 0.271 e. The summed E-state index contributed by atoms with van der Waals surface area (Å²) in [5.74, 6) is -0.306. The van der Waals surface area contributed by atoms with Crippen molar-refractivity contribution in [1.82, 2.24) is 10.6 Å². The highest BCUT2D eigenvalue weighted by molar-refractivity contribution is 7.80. The lowest BCUT2D eigenvalue weighted by molar-refractivity contribution is -0.384. The molecule has 1 rings (SSSR count). The van der Waals surface area contributed by atoms with Crippen LogP contribution in [0, 0.1) is 10.1 Å². The summed E-state index contributed by atoms with van der Waals surface area (Å²) >= 11 is 22.6. The van der Waals surface area contributed by atoms with Gasteiger partial charge in [0.05, 0.1) is 4.92 Å². The molecule has 0 aliphatic carbocycles. The van der Waals surface area contributed by atoms with Gasteiger partial charge in [0, 0.05) is 24.2 Å². The monoisotopic (exact) mass is 412 g/mol. The van der Waals surface area contributed by atoms with Gasteiger partial charge in [-0.25, -0.2) is 0 Å². The number of carbonyl (C=O) groups excluding carboxylic acids is 1. The van der Waals surface area contributed by atoms with Crippen molar-refractivity contribution in [2.24, 2.45) is 0 Å². The second-order valence-corrected chi connectivity index (χ2v) is 7.48. The highest BCUT2D eigenvalue weighted by Gasteiger charge is 2.34. The zero-order valence-electron chi connectivity index (χ0n) is 12.5. The lowest BCUT2D eigenvalue weighted by Crippen LogP contribution is -2.56. The van der Waals surface area contributed by atoms with Crippen molar-refractivity contribution < 1.29 is 9.72 Å². The van der Waals surface area contributed by atoms with E-state index < -0.39 is 14.9 Å². The fourth-order valence-electron chi connectivity index (χ4n) is 1.66. The number of nitrogens with one attached hydrogen (secondary N) is 3. The van der Waals surface area contributed by atoms with E-state index in [4.69, 9.17) is 47.0 Å². The summed E-state index contributed by atoms with van der Waals surface area (Å²) in [5.41, 5.74) is 0.279. The number of halogens is 3. The van der Waals surface area contributed by atoms with Crippen LogP contribution in [0.4, 0.5) is 11.4 Å². The van der Waals surface area contributed by atoms with E-state index in [1.807, 2.05) is 6.92 Å². The quantitative estimate of drug-likeness (QED) is 0.217. The predicted octanol–water partition coefficient (Wildman–Crippen LogP) is 3.49. The van der Waals surface area contributed by atoms with Crippen LogP contribution in [0.3, 0.4) is 0 Å². The second kappa shape index (κ2) is 9.22. The van der Waals surface area contributed by atoms with Gasteiger partial charge in [0.2, 0.25) is 9.70 Å². The molecule has 132 valence electrons. The maximum absolute atomic E-state index is 11.7. The number of benzene rings is 1. The number of nitrogens with zero attached hydrogens (tertiary/aromatic N) is 1. The van der Waals surface area contributed by atoms with Crippen molar-refractivity contribution >= 4 is 69.4 Å². The SMILES string of the molecule is CCCC(=O)N[C@@H](NC(=S)Nc1cccc([N+](=O)[O-])c1)C(Cl)(Cl)Cl. The van der Waals surface area contributed by atoms with Crippen LogP contribution in [0.25, 0.3) is 0 Å². The molecule has 24 heavy (non-hydrogen) atoms. The van der Waals surface area contributed by atoms with Gasteiger partial charge in [0.15, 0.2) is 5.11 Å². The number of hydrogen-bond donors (Lipinski definition) is 3. The molecule has 0 saturated heterocycles. The zero-order valence-corrected chi connectivity index (χ0v) is 15.6. The van der Waals surface area contributed by atoms with Gasteiger partial charge in [-0.15, -0.1) is 0 Å². The van der Waals surface area contributed by atoms with Gasteiger partial charge in [-0.2, -0.15) is 0 Å². The van der Waals surface area contributed by atoms with Crippen molar-refractivity contribution in [3.05, 3.63) is 34.4 Å². The minimum atomic E-state index is -1.85. The number of rotatable bonds is 6. The average molecular weight is 414 g/mol. The summed E-state index contributed by atoms with van der Waals surface area (Å²) in [5, 5.41) is 18.7. The van der Waals surface area contributed by atoms with Crippen LogP contribution in [-0.2, 0) is 4.79 Å². The first-order valence-corrected chi connectivity index (χ1v) is 8.35. The number of nitro benzene ring substituents is 1. The van der Waals surface area contributed by atoms with Crippen LogP contribution >= 0.6 is 47.0 Å². The van der Waals surface area contributed by atoms with Crippen molar-refractivity contribution in [2.45, 2.75) is 29.7 Å². The molecule has 0 bridgehead atoms. The summed E-state index contributed by atoms with van der Waals surface area (Å²) in [6.07, 6.45) is -0.168. The van der Waals surface area contributed by atoms with Gasteiger partial charge < -0.3 is 16.0 Å². The molecule has 0 fully saturated rings. The van der Waals surface area contributed by atoms with Crippen LogP contribution in [0.5, 0.6) is 0 Å². The molecule has 0 saturated carbocycles. The summed E-state index contributed by atoms with van der Waals surface area (Å²) in [7, 11) is 0. The van der Waals surface area contributed by atoms with Gasteiger partial charge in [0.25, 0.3) is 5.69 Å². The summed E-state index contributed by atoms with van der Waals surface area (Å²) in [6.45, 7) is 1.84. The Hall–Kier alpha value is -1.35. The second-order valence-electron chi connectivity index (χ2n) is 4.70. The molecule has 11 heteroatoms. The molecule has 1 atom stereocenters. The van der Waals surface area contributed by atoms with Crippen LogP contribution in [-0.4, -0.2) is 25.9 Å². The minimum absolute atomic E-state index is 0.0311. The van der Waals surface area contributed by atoms with E-state index in [0.717, 1.165) is 0 Å². The number of alkyl halides is 3.